The van der Waals surface area contributed by atoms with E-state index in [1.807, 2.05) is 0 Å². The van der Waals surface area contributed by atoms with Gasteiger partial charge in [-0.25, -0.2) is 0 Å². The van der Waals surface area contributed by atoms with Crippen LogP contribution in [0.15, 0.2) is 52.1 Å². The van der Waals surface area contributed by atoms with Crippen molar-refractivity contribution in [2.24, 2.45) is 10.9 Å². The van der Waals surface area contributed by atoms with Crippen LogP contribution >= 0.6 is 15.9 Å². The monoisotopic (exact) mass is 349 g/mol. The molecule has 0 aliphatic heterocycles. The number of nitrogens with zero attached hydrogens (tertiary/aromatic N) is 1. The highest BCUT2D eigenvalue weighted by molar-refractivity contribution is 9.10. The number of phenolic OH excluding ortho intramolecular Hbond substituents is 1. The van der Waals surface area contributed by atoms with Gasteiger partial charge in [0.1, 0.15) is 5.75 Å². The largest absolute Gasteiger partial charge is 0.507 e. The Morgan fingerprint density at radius 1 is 1.19 bits per heavy atom. The average molecular weight is 350 g/mol. The van der Waals surface area contributed by atoms with E-state index in [9.17, 15) is 9.90 Å². The van der Waals surface area contributed by atoms with Crippen LogP contribution in [0.3, 0.4) is 0 Å². The minimum Gasteiger partial charge on any atom is -0.507 e. The van der Waals surface area contributed by atoms with E-state index in [1.54, 1.807) is 36.4 Å². The maximum absolute atomic E-state index is 12.1. The van der Waals surface area contributed by atoms with E-state index < -0.39 is 0 Å². The summed E-state index contributed by atoms with van der Waals surface area (Å²) in [5.41, 5.74) is 6.77. The summed E-state index contributed by atoms with van der Waals surface area (Å²) in [6, 6.07) is 11.1. The number of nitrogens with two attached hydrogens (primary N) is 1. The zero-order chi connectivity index (χ0) is 15.4. The lowest BCUT2D eigenvalue weighted by molar-refractivity contribution is 0.102. The summed E-state index contributed by atoms with van der Waals surface area (Å²) in [6.45, 7) is 0. The molecule has 6 nitrogen and oxygen atoms in total. The number of amides is 1. The standard InChI is InChI=1S/C14H12BrN3O3/c15-11-5-4-9(7-12(11)19)14(20)17-10-3-1-2-8(6-10)13(16)18-21/h1-7,19,21H,(H2,16,18)(H,17,20). The van der Waals surface area contributed by atoms with Crippen molar-refractivity contribution in [1.82, 2.24) is 0 Å². The summed E-state index contributed by atoms with van der Waals surface area (Å²) in [5, 5.41) is 23.8. The summed E-state index contributed by atoms with van der Waals surface area (Å²) in [4.78, 5) is 12.1. The summed E-state index contributed by atoms with van der Waals surface area (Å²) in [6.07, 6.45) is 0. The highest BCUT2D eigenvalue weighted by atomic mass is 79.9. The van der Waals surface area contributed by atoms with Gasteiger partial charge in [-0.2, -0.15) is 0 Å². The van der Waals surface area contributed by atoms with Crippen molar-refractivity contribution in [3.8, 4) is 5.75 Å². The fraction of sp³-hybridized carbons (Fsp3) is 0. The Labute approximate surface area is 129 Å². The predicted octanol–water partition coefficient (Wildman–Crippen LogP) is 2.50. The lowest BCUT2D eigenvalue weighted by Gasteiger charge is -2.07. The van der Waals surface area contributed by atoms with Crippen LogP contribution in [0.5, 0.6) is 5.75 Å². The Balaban J connectivity index is 2.21. The van der Waals surface area contributed by atoms with Gasteiger partial charge in [-0.1, -0.05) is 17.3 Å². The number of hydrogen-bond donors (Lipinski definition) is 4. The van der Waals surface area contributed by atoms with Crippen LogP contribution in [0, 0.1) is 0 Å². The van der Waals surface area contributed by atoms with Crippen molar-refractivity contribution in [3.63, 3.8) is 0 Å². The molecule has 0 spiro atoms. The zero-order valence-electron chi connectivity index (χ0n) is 10.7. The normalized spacial score (nSPS) is 11.2. The molecule has 0 saturated carbocycles. The smallest absolute Gasteiger partial charge is 0.255 e. The van der Waals surface area contributed by atoms with Gasteiger partial charge in [-0.15, -0.1) is 0 Å². The van der Waals surface area contributed by atoms with Gasteiger partial charge in [0.2, 0.25) is 0 Å². The molecule has 0 saturated heterocycles. The Morgan fingerprint density at radius 3 is 2.62 bits per heavy atom. The number of nitrogens with one attached hydrogen (secondary N) is 1. The van der Waals surface area contributed by atoms with E-state index in [4.69, 9.17) is 10.9 Å². The number of oxime groups is 1. The fourth-order valence-electron chi connectivity index (χ4n) is 1.67. The number of carbonyl (C=O) groups excluding carboxylic acids is 1. The van der Waals surface area contributed by atoms with Gasteiger partial charge in [0, 0.05) is 16.8 Å². The first-order chi connectivity index (χ1) is 10.0. The Morgan fingerprint density at radius 2 is 1.95 bits per heavy atom. The minimum atomic E-state index is -0.380. The predicted molar refractivity (Wildman–Crippen MR) is 82.7 cm³/mol. The lowest BCUT2D eigenvalue weighted by atomic mass is 10.1. The number of rotatable bonds is 3. The molecule has 0 unspecified atom stereocenters. The third-order valence-electron chi connectivity index (χ3n) is 2.73. The number of phenols is 1. The second-order valence-electron chi connectivity index (χ2n) is 4.19. The molecular weight excluding hydrogens is 338 g/mol. The number of benzene rings is 2. The molecule has 0 atom stereocenters. The molecule has 0 fully saturated rings. The number of carbonyl (C=O) groups is 1. The first kappa shape index (κ1) is 14.9. The lowest BCUT2D eigenvalue weighted by Crippen LogP contribution is -2.15. The van der Waals surface area contributed by atoms with Crippen LogP contribution in [0.2, 0.25) is 0 Å². The van der Waals surface area contributed by atoms with Crippen molar-refractivity contribution < 1.29 is 15.1 Å². The molecule has 0 aliphatic rings. The highest BCUT2D eigenvalue weighted by Gasteiger charge is 2.09. The third kappa shape index (κ3) is 3.51. The molecule has 21 heavy (non-hydrogen) atoms. The van der Waals surface area contributed by atoms with E-state index in [1.165, 1.54) is 6.07 Å². The van der Waals surface area contributed by atoms with Gasteiger partial charge >= 0.3 is 0 Å². The van der Waals surface area contributed by atoms with Crippen LogP contribution in [0.25, 0.3) is 0 Å². The Bertz CT molecular complexity index is 716. The number of amidine groups is 1. The van der Waals surface area contributed by atoms with Crippen LogP contribution in [-0.4, -0.2) is 22.1 Å². The number of anilines is 1. The molecule has 0 radical (unpaired) electrons. The second kappa shape index (κ2) is 6.27. The highest BCUT2D eigenvalue weighted by Crippen LogP contribution is 2.24. The van der Waals surface area contributed by atoms with Crippen molar-refractivity contribution in [2.45, 2.75) is 0 Å². The zero-order valence-corrected chi connectivity index (χ0v) is 12.3. The van der Waals surface area contributed by atoms with E-state index >= 15 is 0 Å². The Kier molecular flexibility index (Phi) is 4.44. The number of aromatic hydroxyl groups is 1. The summed E-state index contributed by atoms with van der Waals surface area (Å²) < 4.78 is 0.507. The van der Waals surface area contributed by atoms with Crippen LogP contribution in [0.1, 0.15) is 15.9 Å². The van der Waals surface area contributed by atoms with E-state index in [-0.39, 0.29) is 17.5 Å². The van der Waals surface area contributed by atoms with Crippen molar-refractivity contribution in [2.75, 3.05) is 5.32 Å². The van der Waals surface area contributed by atoms with Gasteiger partial charge in [-0.05, 0) is 46.3 Å². The SMILES string of the molecule is N/C(=N/O)c1cccc(NC(=O)c2ccc(Br)c(O)c2)c1. The first-order valence-corrected chi connectivity index (χ1v) is 6.68. The van der Waals surface area contributed by atoms with Gasteiger partial charge in [0.05, 0.1) is 4.47 Å². The molecule has 0 heterocycles. The summed E-state index contributed by atoms with van der Waals surface area (Å²) >= 11 is 3.15. The first-order valence-electron chi connectivity index (χ1n) is 5.89. The van der Waals surface area contributed by atoms with Gasteiger partial charge in [-0.3, -0.25) is 4.79 Å². The number of hydrogen-bond acceptors (Lipinski definition) is 4. The van der Waals surface area contributed by atoms with Gasteiger partial charge in [0.25, 0.3) is 5.91 Å². The molecule has 0 aromatic heterocycles. The topological polar surface area (TPSA) is 108 Å². The average Bonchev–Trinajstić information content (AvgIpc) is 2.49. The quantitative estimate of drug-likeness (QED) is 0.295. The maximum atomic E-state index is 12.1. The fourth-order valence-corrected chi connectivity index (χ4v) is 1.92. The van der Waals surface area contributed by atoms with E-state index in [0.717, 1.165) is 0 Å². The second-order valence-corrected chi connectivity index (χ2v) is 5.04. The van der Waals surface area contributed by atoms with E-state index in [2.05, 4.69) is 26.4 Å². The molecule has 2 aromatic carbocycles. The van der Waals surface area contributed by atoms with Crippen LogP contribution in [0.4, 0.5) is 5.69 Å². The van der Waals surface area contributed by atoms with Crippen molar-refractivity contribution in [3.05, 3.63) is 58.1 Å². The molecule has 108 valence electrons. The van der Waals surface area contributed by atoms with Crippen LogP contribution in [-0.2, 0) is 0 Å². The molecule has 7 heteroatoms. The van der Waals surface area contributed by atoms with E-state index in [0.29, 0.717) is 21.3 Å². The van der Waals surface area contributed by atoms with Crippen molar-refractivity contribution >= 4 is 33.4 Å². The van der Waals surface area contributed by atoms with Crippen molar-refractivity contribution in [1.29, 1.82) is 0 Å². The molecule has 5 N–H and O–H groups in total. The summed E-state index contributed by atoms with van der Waals surface area (Å²) in [7, 11) is 0. The van der Waals surface area contributed by atoms with Gasteiger partial charge < -0.3 is 21.4 Å². The minimum absolute atomic E-state index is 0.0203. The molecule has 1 amide bonds. The summed E-state index contributed by atoms with van der Waals surface area (Å²) in [5.74, 6) is -0.449. The molecule has 2 rings (SSSR count). The number of halogens is 1. The molecule has 0 bridgehead atoms. The molecule has 2 aromatic rings. The van der Waals surface area contributed by atoms with Crippen LogP contribution < -0.4 is 11.1 Å². The third-order valence-corrected chi connectivity index (χ3v) is 3.40. The Hall–Kier alpha value is -2.54. The van der Waals surface area contributed by atoms with Gasteiger partial charge in [0.15, 0.2) is 5.84 Å². The molecule has 0 aliphatic carbocycles. The maximum Gasteiger partial charge on any atom is 0.255 e. The molecular formula is C14H12BrN3O3.